The van der Waals surface area contributed by atoms with Crippen molar-refractivity contribution in [2.45, 2.75) is 26.7 Å². The van der Waals surface area contributed by atoms with Crippen molar-refractivity contribution >= 4 is 28.9 Å². The quantitative estimate of drug-likeness (QED) is 0.716. The topological polar surface area (TPSA) is 55.8 Å². The fraction of sp³-hybridized carbons (Fsp3) is 0.833. The average molecular weight is 324 g/mol. The first-order chi connectivity index (χ1) is 8.17. The van der Waals surface area contributed by atoms with E-state index in [0.29, 0.717) is 19.8 Å². The van der Waals surface area contributed by atoms with Crippen LogP contribution in [0.3, 0.4) is 0 Å². The van der Waals surface area contributed by atoms with Crippen molar-refractivity contribution in [1.29, 1.82) is 0 Å². The second kappa shape index (κ2) is 9.33. The van der Waals surface area contributed by atoms with Crippen molar-refractivity contribution in [1.82, 2.24) is 4.90 Å². The highest BCUT2D eigenvalue weighted by molar-refractivity contribution is 8.93. The first-order valence-electron chi connectivity index (χ1n) is 6.22. The lowest BCUT2D eigenvalue weighted by molar-refractivity contribution is -0.150. The lowest BCUT2D eigenvalue weighted by atomic mass is 9.97. The van der Waals surface area contributed by atoms with E-state index in [-0.39, 0.29) is 34.8 Å². The van der Waals surface area contributed by atoms with Crippen molar-refractivity contribution in [3.05, 3.63) is 0 Å². The van der Waals surface area contributed by atoms with E-state index in [9.17, 15) is 9.59 Å². The van der Waals surface area contributed by atoms with Crippen molar-refractivity contribution in [2.24, 2.45) is 5.92 Å². The van der Waals surface area contributed by atoms with Gasteiger partial charge in [0.05, 0.1) is 25.7 Å². The van der Waals surface area contributed by atoms with Crippen molar-refractivity contribution < 1.29 is 19.1 Å². The first-order valence-corrected chi connectivity index (χ1v) is 6.22. The molecule has 0 saturated carbocycles. The Morgan fingerprint density at radius 1 is 1.11 bits per heavy atom. The minimum atomic E-state index is -0.193. The predicted molar refractivity (Wildman–Crippen MR) is 72.8 cm³/mol. The summed E-state index contributed by atoms with van der Waals surface area (Å²) in [5, 5.41) is 0. The third-order valence-corrected chi connectivity index (χ3v) is 2.87. The molecule has 0 N–H and O–H groups in total. The summed E-state index contributed by atoms with van der Waals surface area (Å²) in [6.07, 6.45) is 1.52. The van der Waals surface area contributed by atoms with Gasteiger partial charge in [-0.3, -0.25) is 14.5 Å². The first kappa shape index (κ1) is 17.4. The molecule has 18 heavy (non-hydrogen) atoms. The van der Waals surface area contributed by atoms with E-state index in [0.717, 1.165) is 25.9 Å². The maximum atomic E-state index is 11.5. The Labute approximate surface area is 119 Å². The zero-order chi connectivity index (χ0) is 12.7. The van der Waals surface area contributed by atoms with Crippen LogP contribution >= 0.6 is 17.0 Å². The number of carbonyl (C=O) groups is 2. The molecule has 0 aromatic rings. The predicted octanol–water partition coefficient (Wildman–Crippen LogP) is 1.40. The lowest BCUT2D eigenvalue weighted by Gasteiger charge is -2.29. The summed E-state index contributed by atoms with van der Waals surface area (Å²) >= 11 is 0. The molecular weight excluding hydrogens is 302 g/mol. The van der Waals surface area contributed by atoms with Gasteiger partial charge in [0, 0.05) is 0 Å². The van der Waals surface area contributed by atoms with Gasteiger partial charge in [0.1, 0.15) is 0 Å². The molecule has 1 heterocycles. The van der Waals surface area contributed by atoms with Gasteiger partial charge in [0.15, 0.2) is 0 Å². The Morgan fingerprint density at radius 2 is 1.67 bits per heavy atom. The van der Waals surface area contributed by atoms with Gasteiger partial charge in [-0.05, 0) is 39.8 Å². The van der Waals surface area contributed by atoms with Gasteiger partial charge in [-0.15, -0.1) is 17.0 Å². The summed E-state index contributed by atoms with van der Waals surface area (Å²) < 4.78 is 9.87. The average Bonchev–Trinajstić information content (AvgIpc) is 2.30. The zero-order valence-corrected chi connectivity index (χ0v) is 12.7. The molecule has 0 aromatic carbocycles. The van der Waals surface area contributed by atoms with Crippen LogP contribution in [0.2, 0.25) is 0 Å². The van der Waals surface area contributed by atoms with Crippen LogP contribution in [0.1, 0.15) is 26.7 Å². The molecule has 1 rings (SSSR count). The number of likely N-dealkylation sites (tertiary alicyclic amines) is 1. The molecule has 5 nitrogen and oxygen atoms in total. The summed E-state index contributed by atoms with van der Waals surface area (Å²) in [4.78, 5) is 24.8. The highest BCUT2D eigenvalue weighted by atomic mass is 79.9. The molecule has 106 valence electrons. The minimum Gasteiger partial charge on any atom is -0.466 e. The van der Waals surface area contributed by atoms with Crippen molar-refractivity contribution in [3.63, 3.8) is 0 Å². The van der Waals surface area contributed by atoms with Gasteiger partial charge in [0.25, 0.3) is 0 Å². The molecule has 0 aromatic heterocycles. The van der Waals surface area contributed by atoms with E-state index in [2.05, 4.69) is 0 Å². The second-order valence-corrected chi connectivity index (χ2v) is 4.11. The smallest absolute Gasteiger partial charge is 0.320 e. The van der Waals surface area contributed by atoms with Gasteiger partial charge in [-0.25, -0.2) is 0 Å². The second-order valence-electron chi connectivity index (χ2n) is 4.11. The molecule has 0 bridgehead atoms. The van der Waals surface area contributed by atoms with Crippen LogP contribution in [0.15, 0.2) is 0 Å². The van der Waals surface area contributed by atoms with Crippen LogP contribution in [0.25, 0.3) is 0 Å². The molecule has 0 atom stereocenters. The molecule has 0 unspecified atom stereocenters. The van der Waals surface area contributed by atoms with E-state index < -0.39 is 0 Å². The van der Waals surface area contributed by atoms with Crippen molar-refractivity contribution in [3.8, 4) is 0 Å². The summed E-state index contributed by atoms with van der Waals surface area (Å²) in [5.41, 5.74) is 0. The summed E-state index contributed by atoms with van der Waals surface area (Å²) in [6.45, 7) is 6.28. The molecule has 1 fully saturated rings. The molecule has 0 spiro atoms. The van der Waals surface area contributed by atoms with Gasteiger partial charge in [-0.1, -0.05) is 0 Å². The van der Waals surface area contributed by atoms with Crippen LogP contribution in [0.5, 0.6) is 0 Å². The zero-order valence-electron chi connectivity index (χ0n) is 11.0. The highest BCUT2D eigenvalue weighted by Crippen LogP contribution is 2.18. The molecule has 1 saturated heterocycles. The third-order valence-electron chi connectivity index (χ3n) is 2.87. The van der Waals surface area contributed by atoms with Crippen LogP contribution < -0.4 is 0 Å². The SMILES string of the molecule is Br.CCOC(=O)CN1CCC(C(=O)OCC)CC1. The number of piperidine rings is 1. The van der Waals surface area contributed by atoms with E-state index in [1.807, 2.05) is 11.8 Å². The standard InChI is InChI=1S/C12H21NO4.BrH/c1-3-16-11(14)9-13-7-5-10(6-8-13)12(15)17-4-2;/h10H,3-9H2,1-2H3;1H. The van der Waals surface area contributed by atoms with E-state index in [1.54, 1.807) is 6.92 Å². The van der Waals surface area contributed by atoms with Gasteiger partial charge in [0.2, 0.25) is 0 Å². The molecule has 6 heteroatoms. The number of ether oxygens (including phenoxy) is 2. The maximum Gasteiger partial charge on any atom is 0.320 e. The van der Waals surface area contributed by atoms with Gasteiger partial charge in [-0.2, -0.15) is 0 Å². The van der Waals surface area contributed by atoms with Crippen LogP contribution in [0, 0.1) is 5.92 Å². The molecule has 0 radical (unpaired) electrons. The summed E-state index contributed by atoms with van der Waals surface area (Å²) in [6, 6.07) is 0. The number of nitrogens with zero attached hydrogens (tertiary/aromatic N) is 1. The largest absolute Gasteiger partial charge is 0.466 e. The summed E-state index contributed by atoms with van der Waals surface area (Å²) in [7, 11) is 0. The van der Waals surface area contributed by atoms with Gasteiger partial charge >= 0.3 is 11.9 Å². The number of carbonyl (C=O) groups excluding carboxylic acids is 2. The molecule has 0 amide bonds. The van der Waals surface area contributed by atoms with Gasteiger partial charge < -0.3 is 9.47 Å². The van der Waals surface area contributed by atoms with Crippen LogP contribution in [-0.2, 0) is 19.1 Å². The van der Waals surface area contributed by atoms with E-state index in [1.165, 1.54) is 0 Å². The molecule has 1 aliphatic rings. The van der Waals surface area contributed by atoms with E-state index in [4.69, 9.17) is 9.47 Å². The number of halogens is 1. The normalized spacial score (nSPS) is 16.8. The monoisotopic (exact) mass is 323 g/mol. The molecule has 1 aliphatic heterocycles. The van der Waals surface area contributed by atoms with Crippen LogP contribution in [-0.4, -0.2) is 49.7 Å². The number of rotatable bonds is 5. The fourth-order valence-electron chi connectivity index (χ4n) is 1.98. The number of esters is 2. The molecule has 0 aliphatic carbocycles. The van der Waals surface area contributed by atoms with Crippen LogP contribution in [0.4, 0.5) is 0 Å². The fourth-order valence-corrected chi connectivity index (χ4v) is 1.98. The minimum absolute atomic E-state index is 0. The lowest BCUT2D eigenvalue weighted by Crippen LogP contribution is -2.40. The Hall–Kier alpha value is -0.620. The van der Waals surface area contributed by atoms with E-state index >= 15 is 0 Å². The number of hydrogen-bond acceptors (Lipinski definition) is 5. The number of hydrogen-bond donors (Lipinski definition) is 0. The third kappa shape index (κ3) is 5.82. The Morgan fingerprint density at radius 3 is 2.17 bits per heavy atom. The Balaban J connectivity index is 0.00000289. The van der Waals surface area contributed by atoms with Crippen molar-refractivity contribution in [2.75, 3.05) is 32.8 Å². The summed E-state index contributed by atoms with van der Waals surface area (Å²) in [5.74, 6) is -0.307. The highest BCUT2D eigenvalue weighted by Gasteiger charge is 2.26. The maximum absolute atomic E-state index is 11.5. The Kier molecular flexibility index (Phi) is 9.01. The Bertz CT molecular complexity index is 265. The molecular formula is C12H22BrNO4.